The predicted molar refractivity (Wildman–Crippen MR) is 92.1 cm³/mol. The fraction of sp³-hybridized carbons (Fsp3) is 0.133. The molecule has 0 bridgehead atoms. The van der Waals surface area contributed by atoms with Crippen LogP contribution in [0.5, 0.6) is 5.75 Å². The molecule has 0 aliphatic rings. The number of hydrogen-bond donors (Lipinski definition) is 1. The van der Waals surface area contributed by atoms with Crippen LogP contribution in [0, 0.1) is 0 Å². The highest BCUT2D eigenvalue weighted by molar-refractivity contribution is 9.11. The van der Waals surface area contributed by atoms with E-state index in [4.69, 9.17) is 10.5 Å². The number of nitrogens with two attached hydrogens (primary N) is 1. The Morgan fingerprint density at radius 1 is 1.14 bits per heavy atom. The van der Waals surface area contributed by atoms with Gasteiger partial charge in [0.25, 0.3) is 0 Å². The third kappa shape index (κ3) is 2.42. The Kier molecular flexibility index (Phi) is 3.91. The molecule has 0 radical (unpaired) electrons. The number of ether oxygens (including phenoxy) is 1. The van der Waals surface area contributed by atoms with Gasteiger partial charge in [-0.15, -0.1) is 0 Å². The Morgan fingerprint density at radius 3 is 2.48 bits per heavy atom. The van der Waals surface area contributed by atoms with Gasteiger partial charge in [0, 0.05) is 8.95 Å². The van der Waals surface area contributed by atoms with E-state index in [1.54, 1.807) is 0 Å². The summed E-state index contributed by atoms with van der Waals surface area (Å²) in [6, 6.07) is 11.7. The monoisotopic (exact) mass is 409 g/mol. The maximum atomic E-state index is 6.14. The Morgan fingerprint density at radius 2 is 1.81 bits per heavy atom. The lowest BCUT2D eigenvalue weighted by Gasteiger charge is -2.11. The Bertz CT molecular complexity index is 794. The summed E-state index contributed by atoms with van der Waals surface area (Å²) in [6.07, 6.45) is 0. The van der Waals surface area contributed by atoms with Gasteiger partial charge in [0.2, 0.25) is 5.95 Å². The molecule has 0 amide bonds. The Labute approximate surface area is 139 Å². The number of nitrogens with zero attached hydrogens (tertiary/aromatic N) is 2. The average Bonchev–Trinajstić information content (AvgIpc) is 2.77. The van der Waals surface area contributed by atoms with Gasteiger partial charge in [-0.1, -0.05) is 12.1 Å². The lowest BCUT2D eigenvalue weighted by atomic mass is 10.2. The number of aromatic nitrogens is 2. The molecule has 1 heterocycles. The highest BCUT2D eigenvalue weighted by Gasteiger charge is 2.17. The molecule has 1 aromatic heterocycles. The van der Waals surface area contributed by atoms with Gasteiger partial charge in [0.05, 0.1) is 17.8 Å². The van der Waals surface area contributed by atoms with Gasteiger partial charge in [0.15, 0.2) is 0 Å². The molecule has 0 saturated carbocycles. The fourth-order valence-corrected chi connectivity index (χ4v) is 3.65. The van der Waals surface area contributed by atoms with Crippen molar-refractivity contribution in [1.82, 2.24) is 9.55 Å². The molecule has 3 rings (SSSR count). The van der Waals surface area contributed by atoms with Crippen LogP contribution in [-0.2, 0) is 0 Å². The molecule has 2 aromatic carbocycles. The number of rotatable bonds is 3. The van der Waals surface area contributed by atoms with E-state index < -0.39 is 0 Å². The van der Waals surface area contributed by atoms with Crippen LogP contribution in [0.3, 0.4) is 0 Å². The average molecular weight is 411 g/mol. The van der Waals surface area contributed by atoms with Crippen LogP contribution in [-0.4, -0.2) is 16.2 Å². The van der Waals surface area contributed by atoms with Gasteiger partial charge in [0.1, 0.15) is 11.3 Å². The quantitative estimate of drug-likeness (QED) is 0.689. The van der Waals surface area contributed by atoms with E-state index in [1.807, 2.05) is 47.9 Å². The molecule has 0 unspecified atom stereocenters. The molecule has 108 valence electrons. The van der Waals surface area contributed by atoms with Gasteiger partial charge < -0.3 is 10.5 Å². The zero-order valence-corrected chi connectivity index (χ0v) is 14.5. The molecule has 0 spiro atoms. The number of anilines is 1. The van der Waals surface area contributed by atoms with Gasteiger partial charge in [-0.2, -0.15) is 0 Å². The van der Waals surface area contributed by atoms with Crippen LogP contribution in [0.4, 0.5) is 5.95 Å². The van der Waals surface area contributed by atoms with Gasteiger partial charge >= 0.3 is 0 Å². The minimum atomic E-state index is 0.421. The summed E-state index contributed by atoms with van der Waals surface area (Å²) < 4.78 is 9.41. The molecular weight excluding hydrogens is 398 g/mol. The minimum Gasteiger partial charge on any atom is -0.492 e. The first kappa shape index (κ1) is 14.4. The summed E-state index contributed by atoms with van der Waals surface area (Å²) >= 11 is 7.14. The third-order valence-corrected chi connectivity index (χ3v) is 4.41. The molecule has 0 atom stereocenters. The lowest BCUT2D eigenvalue weighted by molar-refractivity contribution is 0.344. The van der Waals surface area contributed by atoms with Crippen molar-refractivity contribution in [2.24, 2.45) is 0 Å². The largest absolute Gasteiger partial charge is 0.492 e. The Hall–Kier alpha value is -1.53. The van der Waals surface area contributed by atoms with Gasteiger partial charge in [-0.25, -0.2) is 4.98 Å². The minimum absolute atomic E-state index is 0.421. The van der Waals surface area contributed by atoms with E-state index in [0.29, 0.717) is 12.6 Å². The van der Waals surface area contributed by atoms with Crippen molar-refractivity contribution in [1.29, 1.82) is 0 Å². The summed E-state index contributed by atoms with van der Waals surface area (Å²) in [6.45, 7) is 2.54. The SMILES string of the molecule is CCOc1cccc2c1nc(N)n2-c1c(Br)cccc1Br. The molecule has 0 aliphatic heterocycles. The predicted octanol–water partition coefficient (Wildman–Crippen LogP) is 4.53. The summed E-state index contributed by atoms with van der Waals surface area (Å²) in [4.78, 5) is 4.46. The van der Waals surface area contributed by atoms with Crippen molar-refractivity contribution >= 4 is 48.8 Å². The summed E-state index contributed by atoms with van der Waals surface area (Å²) in [5.41, 5.74) is 8.74. The van der Waals surface area contributed by atoms with Crippen LogP contribution in [0.15, 0.2) is 45.3 Å². The molecule has 0 aliphatic carbocycles. The number of para-hydroxylation sites is 2. The maximum Gasteiger partial charge on any atom is 0.206 e. The van der Waals surface area contributed by atoms with E-state index in [0.717, 1.165) is 31.4 Å². The topological polar surface area (TPSA) is 53.1 Å². The highest BCUT2D eigenvalue weighted by atomic mass is 79.9. The van der Waals surface area contributed by atoms with Crippen molar-refractivity contribution < 1.29 is 4.74 Å². The smallest absolute Gasteiger partial charge is 0.206 e. The van der Waals surface area contributed by atoms with Gasteiger partial charge in [-0.3, -0.25) is 4.57 Å². The zero-order chi connectivity index (χ0) is 15.0. The number of fused-ring (bicyclic) bond motifs is 1. The van der Waals surface area contributed by atoms with E-state index in [-0.39, 0.29) is 0 Å². The number of halogens is 2. The van der Waals surface area contributed by atoms with Crippen LogP contribution < -0.4 is 10.5 Å². The van der Waals surface area contributed by atoms with E-state index in [2.05, 4.69) is 36.8 Å². The summed E-state index contributed by atoms with van der Waals surface area (Å²) in [5.74, 6) is 1.16. The van der Waals surface area contributed by atoms with Crippen LogP contribution in [0.2, 0.25) is 0 Å². The molecule has 21 heavy (non-hydrogen) atoms. The molecule has 2 N–H and O–H groups in total. The van der Waals surface area contributed by atoms with Crippen LogP contribution >= 0.6 is 31.9 Å². The number of benzene rings is 2. The zero-order valence-electron chi connectivity index (χ0n) is 11.3. The number of hydrogen-bond acceptors (Lipinski definition) is 3. The standard InChI is InChI=1S/C15H13Br2N3O/c1-2-21-12-8-4-7-11-13(12)19-15(18)20(11)14-9(16)5-3-6-10(14)17/h3-8H,2H2,1H3,(H2,18,19). The first-order valence-electron chi connectivity index (χ1n) is 6.47. The van der Waals surface area contributed by atoms with Crippen LogP contribution in [0.25, 0.3) is 16.7 Å². The summed E-state index contributed by atoms with van der Waals surface area (Å²) in [7, 11) is 0. The highest BCUT2D eigenvalue weighted by Crippen LogP contribution is 2.35. The van der Waals surface area contributed by atoms with E-state index in [9.17, 15) is 0 Å². The fourth-order valence-electron chi connectivity index (χ4n) is 2.30. The second-order valence-corrected chi connectivity index (χ2v) is 6.14. The molecule has 6 heteroatoms. The number of nitrogen functional groups attached to an aromatic ring is 1. The summed E-state index contributed by atoms with van der Waals surface area (Å²) in [5, 5.41) is 0. The Balaban J connectivity index is 2.34. The molecule has 3 aromatic rings. The van der Waals surface area contributed by atoms with Crippen molar-refractivity contribution in [3.8, 4) is 11.4 Å². The lowest BCUT2D eigenvalue weighted by Crippen LogP contribution is -2.02. The van der Waals surface area contributed by atoms with E-state index in [1.165, 1.54) is 0 Å². The molecule has 0 saturated heterocycles. The normalized spacial score (nSPS) is 11.0. The van der Waals surface area contributed by atoms with Crippen molar-refractivity contribution in [2.45, 2.75) is 6.92 Å². The van der Waals surface area contributed by atoms with Crippen molar-refractivity contribution in [2.75, 3.05) is 12.3 Å². The molecule has 0 fully saturated rings. The van der Waals surface area contributed by atoms with Gasteiger partial charge in [-0.05, 0) is 63.0 Å². The first-order chi connectivity index (χ1) is 10.1. The molecular formula is C15H13Br2N3O. The number of imidazole rings is 1. The maximum absolute atomic E-state index is 6.14. The first-order valence-corrected chi connectivity index (χ1v) is 8.06. The third-order valence-electron chi connectivity index (χ3n) is 3.14. The van der Waals surface area contributed by atoms with E-state index >= 15 is 0 Å². The molecule has 4 nitrogen and oxygen atoms in total. The van der Waals surface area contributed by atoms with Crippen LogP contribution in [0.1, 0.15) is 6.92 Å². The second kappa shape index (κ2) is 5.69. The second-order valence-electron chi connectivity index (χ2n) is 4.43. The van der Waals surface area contributed by atoms with Crippen molar-refractivity contribution in [3.05, 3.63) is 45.3 Å². The van der Waals surface area contributed by atoms with Crippen molar-refractivity contribution in [3.63, 3.8) is 0 Å².